The average Bonchev–Trinajstić information content (AvgIpc) is 2.92. The van der Waals surface area contributed by atoms with Gasteiger partial charge in [-0.3, -0.25) is 4.79 Å². The van der Waals surface area contributed by atoms with E-state index in [4.69, 9.17) is 21.1 Å². The molecule has 2 aromatic rings. The fourth-order valence-corrected chi connectivity index (χ4v) is 3.17. The third-order valence-electron chi connectivity index (χ3n) is 3.85. The number of ether oxygens (including phenoxy) is 2. The Morgan fingerprint density at radius 1 is 1.19 bits per heavy atom. The first-order chi connectivity index (χ1) is 12.9. The molecule has 0 bridgehead atoms. The highest BCUT2D eigenvalue weighted by atomic mass is 79.9. The molecule has 3 amide bonds. The zero-order valence-electron chi connectivity index (χ0n) is 14.6. The van der Waals surface area contributed by atoms with E-state index < -0.39 is 11.9 Å². The third-order valence-corrected chi connectivity index (χ3v) is 4.78. The van der Waals surface area contributed by atoms with E-state index in [1.54, 1.807) is 49.6 Å². The molecule has 0 atom stereocenters. The van der Waals surface area contributed by atoms with Crippen LogP contribution in [0, 0.1) is 0 Å². The quantitative estimate of drug-likeness (QED) is 0.532. The molecule has 6 nitrogen and oxygen atoms in total. The van der Waals surface area contributed by atoms with Gasteiger partial charge in [-0.1, -0.05) is 27.5 Å². The summed E-state index contributed by atoms with van der Waals surface area (Å²) in [6.07, 6.45) is 1.59. The van der Waals surface area contributed by atoms with Gasteiger partial charge in [-0.05, 0) is 55.0 Å². The number of rotatable bonds is 5. The Labute approximate surface area is 169 Å². The van der Waals surface area contributed by atoms with Gasteiger partial charge < -0.3 is 14.8 Å². The maximum atomic E-state index is 12.7. The summed E-state index contributed by atoms with van der Waals surface area (Å²) in [5.74, 6) is 0.653. The number of nitrogens with one attached hydrogen (secondary N) is 1. The minimum Gasteiger partial charge on any atom is -0.493 e. The molecule has 1 heterocycles. The molecule has 0 spiro atoms. The summed E-state index contributed by atoms with van der Waals surface area (Å²) < 4.78 is 11.6. The predicted octanol–water partition coefficient (Wildman–Crippen LogP) is 4.61. The molecule has 0 radical (unpaired) electrons. The first-order valence-electron chi connectivity index (χ1n) is 8.07. The number of hydrogen-bond donors (Lipinski definition) is 1. The minimum atomic E-state index is -0.525. The van der Waals surface area contributed by atoms with E-state index in [2.05, 4.69) is 21.2 Å². The van der Waals surface area contributed by atoms with Gasteiger partial charge in [0.05, 0.1) is 19.4 Å². The van der Waals surface area contributed by atoms with Gasteiger partial charge in [0, 0.05) is 9.50 Å². The number of nitrogens with zero attached hydrogens (tertiary/aromatic N) is 1. The smallest absolute Gasteiger partial charge is 0.333 e. The Bertz CT molecular complexity index is 928. The van der Waals surface area contributed by atoms with Crippen LogP contribution in [0.15, 0.2) is 46.6 Å². The Morgan fingerprint density at radius 2 is 1.89 bits per heavy atom. The number of halogens is 2. The lowest BCUT2D eigenvalue weighted by molar-refractivity contribution is -0.113. The summed E-state index contributed by atoms with van der Waals surface area (Å²) in [6.45, 7) is 2.33. The molecular weight excluding hydrogens is 436 g/mol. The summed E-state index contributed by atoms with van der Waals surface area (Å²) in [5.41, 5.74) is 1.26. The van der Waals surface area contributed by atoms with E-state index in [1.165, 1.54) is 0 Å². The number of amides is 3. The van der Waals surface area contributed by atoms with Crippen LogP contribution in [0.5, 0.6) is 11.5 Å². The topological polar surface area (TPSA) is 67.9 Å². The molecule has 1 aliphatic heterocycles. The van der Waals surface area contributed by atoms with E-state index in [0.29, 0.717) is 38.9 Å². The van der Waals surface area contributed by atoms with E-state index in [-0.39, 0.29) is 5.70 Å². The van der Waals surface area contributed by atoms with Crippen molar-refractivity contribution in [1.82, 2.24) is 5.32 Å². The van der Waals surface area contributed by atoms with Crippen LogP contribution in [0.1, 0.15) is 12.5 Å². The van der Waals surface area contributed by atoms with Crippen LogP contribution in [-0.4, -0.2) is 25.7 Å². The van der Waals surface area contributed by atoms with Crippen molar-refractivity contribution >= 4 is 51.2 Å². The minimum absolute atomic E-state index is 0.156. The van der Waals surface area contributed by atoms with Gasteiger partial charge in [-0.2, -0.15) is 0 Å². The Kier molecular flexibility index (Phi) is 5.72. The molecule has 0 aromatic heterocycles. The maximum Gasteiger partial charge on any atom is 0.333 e. The van der Waals surface area contributed by atoms with Crippen molar-refractivity contribution < 1.29 is 19.1 Å². The normalized spacial score (nSPS) is 15.3. The second-order valence-electron chi connectivity index (χ2n) is 5.56. The van der Waals surface area contributed by atoms with Crippen molar-refractivity contribution in [1.29, 1.82) is 0 Å². The van der Waals surface area contributed by atoms with Gasteiger partial charge in [-0.25, -0.2) is 9.69 Å². The first-order valence-corrected chi connectivity index (χ1v) is 9.24. The molecule has 0 aliphatic carbocycles. The first kappa shape index (κ1) is 19.3. The monoisotopic (exact) mass is 450 g/mol. The van der Waals surface area contributed by atoms with Crippen LogP contribution < -0.4 is 19.7 Å². The van der Waals surface area contributed by atoms with Crippen molar-refractivity contribution in [3.05, 3.63) is 57.2 Å². The summed E-state index contributed by atoms with van der Waals surface area (Å²) >= 11 is 9.32. The van der Waals surface area contributed by atoms with E-state index in [9.17, 15) is 9.59 Å². The third kappa shape index (κ3) is 3.94. The number of carbonyl (C=O) groups is 2. The predicted molar refractivity (Wildman–Crippen MR) is 107 cm³/mol. The van der Waals surface area contributed by atoms with Gasteiger partial charge in [0.25, 0.3) is 5.91 Å². The van der Waals surface area contributed by atoms with Crippen molar-refractivity contribution in [2.24, 2.45) is 0 Å². The van der Waals surface area contributed by atoms with Gasteiger partial charge in [-0.15, -0.1) is 0 Å². The molecule has 2 aromatic carbocycles. The van der Waals surface area contributed by atoms with Gasteiger partial charge in [0.1, 0.15) is 5.70 Å². The van der Waals surface area contributed by atoms with Gasteiger partial charge >= 0.3 is 6.03 Å². The zero-order chi connectivity index (χ0) is 19.6. The lowest BCUT2D eigenvalue weighted by Crippen LogP contribution is -2.30. The summed E-state index contributed by atoms with van der Waals surface area (Å²) in [4.78, 5) is 26.1. The van der Waals surface area contributed by atoms with Crippen LogP contribution in [-0.2, 0) is 4.79 Å². The molecule has 0 unspecified atom stereocenters. The molecule has 0 saturated carbocycles. The van der Waals surface area contributed by atoms with Crippen molar-refractivity contribution in [3.63, 3.8) is 0 Å². The summed E-state index contributed by atoms with van der Waals surface area (Å²) in [7, 11) is 1.55. The standard InChI is InChI=1S/C19H16BrClN2O4/c1-3-27-17-9-11(14(20)10-16(17)26-2)8-15-18(24)23(19(25)22-15)13-6-4-12(21)5-7-13/h4-10H,3H2,1-2H3,(H,22,25)/b15-8+. The molecule has 27 heavy (non-hydrogen) atoms. The van der Waals surface area contributed by atoms with Crippen LogP contribution in [0.25, 0.3) is 6.08 Å². The van der Waals surface area contributed by atoms with Gasteiger partial charge in [0.2, 0.25) is 0 Å². The highest BCUT2D eigenvalue weighted by Crippen LogP contribution is 2.35. The average molecular weight is 452 g/mol. The lowest BCUT2D eigenvalue weighted by atomic mass is 10.1. The van der Waals surface area contributed by atoms with Crippen LogP contribution in [0.2, 0.25) is 5.02 Å². The number of methoxy groups -OCH3 is 1. The molecule has 1 N–H and O–H groups in total. The summed E-state index contributed by atoms with van der Waals surface area (Å²) in [6, 6.07) is 9.42. The van der Waals surface area contributed by atoms with Crippen LogP contribution in [0.4, 0.5) is 10.5 Å². The van der Waals surface area contributed by atoms with E-state index >= 15 is 0 Å². The molecule has 8 heteroatoms. The van der Waals surface area contributed by atoms with Crippen LogP contribution in [0.3, 0.4) is 0 Å². The maximum absolute atomic E-state index is 12.7. The second kappa shape index (κ2) is 8.02. The molecule has 1 aliphatic rings. The van der Waals surface area contributed by atoms with Crippen LogP contribution >= 0.6 is 27.5 Å². The Balaban J connectivity index is 1.96. The molecule has 140 valence electrons. The molecule has 3 rings (SSSR count). The Morgan fingerprint density at radius 3 is 2.52 bits per heavy atom. The summed E-state index contributed by atoms with van der Waals surface area (Å²) in [5, 5.41) is 3.12. The number of benzene rings is 2. The number of hydrogen-bond acceptors (Lipinski definition) is 4. The number of imide groups is 1. The fourth-order valence-electron chi connectivity index (χ4n) is 2.60. The number of anilines is 1. The fraction of sp³-hybridized carbons (Fsp3) is 0.158. The Hall–Kier alpha value is -2.51. The highest BCUT2D eigenvalue weighted by Gasteiger charge is 2.35. The SMILES string of the molecule is CCOc1cc(/C=C2/NC(=O)N(c3ccc(Cl)cc3)C2=O)c(Br)cc1OC. The van der Waals surface area contributed by atoms with E-state index in [0.717, 1.165) is 4.90 Å². The molecule has 1 fully saturated rings. The number of carbonyl (C=O) groups excluding carboxylic acids is 2. The highest BCUT2D eigenvalue weighted by molar-refractivity contribution is 9.10. The largest absolute Gasteiger partial charge is 0.493 e. The molecular formula is C19H16BrClN2O4. The lowest BCUT2D eigenvalue weighted by Gasteiger charge is -2.12. The zero-order valence-corrected chi connectivity index (χ0v) is 16.9. The number of urea groups is 1. The van der Waals surface area contributed by atoms with Crippen molar-refractivity contribution in [2.45, 2.75) is 6.92 Å². The second-order valence-corrected chi connectivity index (χ2v) is 6.85. The molecule has 1 saturated heterocycles. The van der Waals surface area contributed by atoms with Gasteiger partial charge in [0.15, 0.2) is 11.5 Å². The van der Waals surface area contributed by atoms with Crippen molar-refractivity contribution in [3.8, 4) is 11.5 Å². The van der Waals surface area contributed by atoms with Crippen molar-refractivity contribution in [2.75, 3.05) is 18.6 Å². The van der Waals surface area contributed by atoms with E-state index in [1.807, 2.05) is 6.92 Å².